The molecule has 0 amide bonds. The highest BCUT2D eigenvalue weighted by Crippen LogP contribution is 2.25. The normalized spacial score (nSPS) is 11.4. The molecular weight excluding hydrogens is 178 g/mol. The molecule has 0 aliphatic heterocycles. The summed E-state index contributed by atoms with van der Waals surface area (Å²) in [5, 5.41) is 1.29. The molecular formula is C11H13NS. The molecule has 0 aromatic carbocycles. The van der Waals surface area contributed by atoms with E-state index >= 15 is 0 Å². The summed E-state index contributed by atoms with van der Waals surface area (Å²) in [6.45, 7) is 6.52. The van der Waals surface area contributed by atoms with E-state index in [1.807, 2.05) is 6.20 Å². The molecule has 1 nitrogen and oxygen atoms in total. The summed E-state index contributed by atoms with van der Waals surface area (Å²) in [6, 6.07) is 4.45. The van der Waals surface area contributed by atoms with Gasteiger partial charge >= 0.3 is 0 Å². The van der Waals surface area contributed by atoms with Gasteiger partial charge in [-0.15, -0.1) is 11.3 Å². The van der Waals surface area contributed by atoms with Gasteiger partial charge < -0.3 is 0 Å². The number of aryl methyl sites for hydroxylation is 1. The molecule has 2 heterocycles. The van der Waals surface area contributed by atoms with E-state index in [9.17, 15) is 0 Å². The zero-order chi connectivity index (χ0) is 9.42. The lowest BCUT2D eigenvalue weighted by atomic mass is 10.1. The van der Waals surface area contributed by atoms with Crippen LogP contribution in [0.25, 0.3) is 10.2 Å². The van der Waals surface area contributed by atoms with Gasteiger partial charge in [0.1, 0.15) is 4.83 Å². The molecule has 0 atom stereocenters. The maximum atomic E-state index is 4.44. The molecule has 0 fully saturated rings. The Balaban J connectivity index is 2.61. The minimum atomic E-state index is 0.567. The van der Waals surface area contributed by atoms with E-state index < -0.39 is 0 Å². The highest BCUT2D eigenvalue weighted by atomic mass is 32.1. The fraction of sp³-hybridized carbons (Fsp3) is 0.364. The number of rotatable bonds is 1. The topological polar surface area (TPSA) is 12.9 Å². The van der Waals surface area contributed by atoms with Crippen LogP contribution in [-0.2, 0) is 0 Å². The predicted molar refractivity (Wildman–Crippen MR) is 58.4 cm³/mol. The Bertz CT molecular complexity index is 429. The van der Waals surface area contributed by atoms with Crippen molar-refractivity contribution in [2.45, 2.75) is 26.7 Å². The second-order valence-corrected chi connectivity index (χ2v) is 4.91. The fourth-order valence-corrected chi connectivity index (χ4v) is 2.22. The van der Waals surface area contributed by atoms with Crippen molar-refractivity contribution in [1.29, 1.82) is 0 Å². The molecule has 0 aliphatic rings. The van der Waals surface area contributed by atoms with Gasteiger partial charge in [-0.05, 0) is 30.5 Å². The maximum Gasteiger partial charge on any atom is 0.123 e. The van der Waals surface area contributed by atoms with Crippen LogP contribution in [0.4, 0.5) is 0 Å². The molecule has 0 N–H and O–H groups in total. The van der Waals surface area contributed by atoms with Crippen molar-refractivity contribution < 1.29 is 0 Å². The van der Waals surface area contributed by atoms with Crippen molar-refractivity contribution in [3.05, 3.63) is 28.8 Å². The van der Waals surface area contributed by atoms with Crippen LogP contribution in [0, 0.1) is 6.92 Å². The quantitative estimate of drug-likeness (QED) is 0.669. The van der Waals surface area contributed by atoms with Crippen molar-refractivity contribution in [3.8, 4) is 0 Å². The molecule has 2 heteroatoms. The second-order valence-electron chi connectivity index (χ2n) is 3.67. The van der Waals surface area contributed by atoms with E-state index in [4.69, 9.17) is 0 Å². The van der Waals surface area contributed by atoms with E-state index in [0.717, 1.165) is 4.83 Å². The monoisotopic (exact) mass is 191 g/mol. The van der Waals surface area contributed by atoms with Gasteiger partial charge in [0.05, 0.1) is 0 Å². The Hall–Kier alpha value is -0.890. The van der Waals surface area contributed by atoms with Crippen LogP contribution in [-0.4, -0.2) is 4.98 Å². The Morgan fingerprint density at radius 1 is 1.31 bits per heavy atom. The number of pyridine rings is 1. The maximum absolute atomic E-state index is 4.44. The van der Waals surface area contributed by atoms with E-state index in [1.54, 1.807) is 11.3 Å². The largest absolute Gasteiger partial charge is 0.245 e. The van der Waals surface area contributed by atoms with Crippen molar-refractivity contribution in [2.24, 2.45) is 0 Å². The lowest BCUT2D eigenvalue weighted by Gasteiger charge is -2.02. The van der Waals surface area contributed by atoms with Gasteiger partial charge in [0.25, 0.3) is 0 Å². The molecule has 0 radical (unpaired) electrons. The van der Waals surface area contributed by atoms with Gasteiger partial charge in [0.15, 0.2) is 0 Å². The summed E-state index contributed by atoms with van der Waals surface area (Å²) in [4.78, 5) is 6.93. The first-order valence-electron chi connectivity index (χ1n) is 4.53. The van der Waals surface area contributed by atoms with E-state index in [2.05, 4.69) is 37.9 Å². The lowest BCUT2D eigenvalue weighted by molar-refractivity contribution is 0.862. The predicted octanol–water partition coefficient (Wildman–Crippen LogP) is 3.73. The summed E-state index contributed by atoms with van der Waals surface area (Å²) in [6.07, 6.45) is 1.99. The summed E-state index contributed by atoms with van der Waals surface area (Å²) in [5.74, 6) is 0.567. The zero-order valence-electron chi connectivity index (χ0n) is 8.16. The third-order valence-electron chi connectivity index (χ3n) is 2.18. The zero-order valence-corrected chi connectivity index (χ0v) is 8.98. The van der Waals surface area contributed by atoms with Gasteiger partial charge in [0, 0.05) is 16.5 Å². The smallest absolute Gasteiger partial charge is 0.123 e. The molecule has 2 aromatic rings. The third kappa shape index (κ3) is 1.59. The molecule has 68 valence electrons. The Morgan fingerprint density at radius 2 is 2.08 bits per heavy atom. The lowest BCUT2D eigenvalue weighted by Crippen LogP contribution is -1.87. The first-order valence-corrected chi connectivity index (χ1v) is 5.34. The van der Waals surface area contributed by atoms with E-state index in [0.29, 0.717) is 5.92 Å². The molecule has 2 aromatic heterocycles. The van der Waals surface area contributed by atoms with Crippen molar-refractivity contribution in [2.75, 3.05) is 0 Å². The SMILES string of the molecule is Cc1cc2cc(C(C)C)cnc2s1. The number of nitrogens with zero attached hydrogens (tertiary/aromatic N) is 1. The number of hydrogen-bond acceptors (Lipinski definition) is 2. The van der Waals surface area contributed by atoms with E-state index in [1.165, 1.54) is 15.8 Å². The van der Waals surface area contributed by atoms with Crippen LogP contribution in [0.2, 0.25) is 0 Å². The minimum absolute atomic E-state index is 0.567. The molecule has 0 unspecified atom stereocenters. The Morgan fingerprint density at radius 3 is 2.77 bits per heavy atom. The van der Waals surface area contributed by atoms with Crippen LogP contribution in [0.1, 0.15) is 30.2 Å². The Kier molecular flexibility index (Phi) is 2.08. The fourth-order valence-electron chi connectivity index (χ4n) is 1.39. The van der Waals surface area contributed by atoms with Crippen LogP contribution < -0.4 is 0 Å². The summed E-state index contributed by atoms with van der Waals surface area (Å²) < 4.78 is 0. The van der Waals surface area contributed by atoms with Gasteiger partial charge in [-0.3, -0.25) is 0 Å². The average molecular weight is 191 g/mol. The number of fused-ring (bicyclic) bond motifs is 1. The highest BCUT2D eigenvalue weighted by molar-refractivity contribution is 7.18. The van der Waals surface area contributed by atoms with Crippen LogP contribution in [0.15, 0.2) is 18.3 Å². The van der Waals surface area contributed by atoms with Crippen molar-refractivity contribution in [1.82, 2.24) is 4.98 Å². The number of aromatic nitrogens is 1. The molecule has 0 bridgehead atoms. The summed E-state index contributed by atoms with van der Waals surface area (Å²) in [7, 11) is 0. The van der Waals surface area contributed by atoms with Gasteiger partial charge in [-0.1, -0.05) is 13.8 Å². The Labute approximate surface area is 82.4 Å². The van der Waals surface area contributed by atoms with Crippen molar-refractivity contribution >= 4 is 21.6 Å². The molecule has 0 spiro atoms. The molecule has 13 heavy (non-hydrogen) atoms. The van der Waals surface area contributed by atoms with Crippen LogP contribution >= 0.6 is 11.3 Å². The molecule has 2 rings (SSSR count). The minimum Gasteiger partial charge on any atom is -0.245 e. The van der Waals surface area contributed by atoms with Crippen LogP contribution in [0.3, 0.4) is 0 Å². The van der Waals surface area contributed by atoms with E-state index in [-0.39, 0.29) is 0 Å². The van der Waals surface area contributed by atoms with Crippen molar-refractivity contribution in [3.63, 3.8) is 0 Å². The second kappa shape index (κ2) is 3.11. The summed E-state index contributed by atoms with van der Waals surface area (Å²) in [5.41, 5.74) is 1.32. The van der Waals surface area contributed by atoms with Gasteiger partial charge in [-0.25, -0.2) is 4.98 Å². The third-order valence-corrected chi connectivity index (χ3v) is 3.16. The highest BCUT2D eigenvalue weighted by Gasteiger charge is 2.03. The molecule has 0 saturated heterocycles. The number of thiophene rings is 1. The first-order chi connectivity index (χ1) is 6.16. The van der Waals surface area contributed by atoms with Gasteiger partial charge in [-0.2, -0.15) is 0 Å². The summed E-state index contributed by atoms with van der Waals surface area (Å²) >= 11 is 1.76. The molecule has 0 aliphatic carbocycles. The average Bonchev–Trinajstić information content (AvgIpc) is 2.42. The first kappa shape index (κ1) is 8.70. The van der Waals surface area contributed by atoms with Gasteiger partial charge in [0.2, 0.25) is 0 Å². The molecule has 0 saturated carbocycles. The van der Waals surface area contributed by atoms with Crippen LogP contribution in [0.5, 0.6) is 0 Å². The number of hydrogen-bond donors (Lipinski definition) is 0. The standard InChI is InChI=1S/C11H13NS/c1-7(2)10-5-9-4-8(3)13-11(9)12-6-10/h4-7H,1-3H3.